The Hall–Kier alpha value is -2.47. The van der Waals surface area contributed by atoms with Gasteiger partial charge in [-0.3, -0.25) is 9.36 Å². The molecule has 3 heterocycles. The third-order valence-corrected chi connectivity index (χ3v) is 8.79. The van der Waals surface area contributed by atoms with E-state index in [1.165, 1.54) is 15.6 Å². The van der Waals surface area contributed by atoms with Crippen LogP contribution in [0.1, 0.15) is 12.8 Å². The van der Waals surface area contributed by atoms with Crippen molar-refractivity contribution in [2.45, 2.75) is 23.6 Å². The van der Waals surface area contributed by atoms with E-state index in [1.807, 2.05) is 19.0 Å². The number of carbonyl (C=O) groups is 1. The van der Waals surface area contributed by atoms with Crippen molar-refractivity contribution in [2.75, 3.05) is 39.0 Å². The molecule has 1 unspecified atom stereocenters. The monoisotopic (exact) mass is 478 g/mol. The highest BCUT2D eigenvalue weighted by Gasteiger charge is 2.33. The van der Waals surface area contributed by atoms with E-state index in [2.05, 4.69) is 5.32 Å². The first-order chi connectivity index (χ1) is 15.3. The number of benzene rings is 1. The summed E-state index contributed by atoms with van der Waals surface area (Å²) in [5.41, 5.74) is 1.61. The predicted molar refractivity (Wildman–Crippen MR) is 123 cm³/mol. The van der Waals surface area contributed by atoms with E-state index in [4.69, 9.17) is 4.42 Å². The van der Waals surface area contributed by atoms with Gasteiger partial charge in [0, 0.05) is 31.9 Å². The van der Waals surface area contributed by atoms with Crippen molar-refractivity contribution in [1.29, 1.82) is 0 Å². The molecule has 1 fully saturated rings. The van der Waals surface area contributed by atoms with Crippen molar-refractivity contribution in [2.24, 2.45) is 5.92 Å². The van der Waals surface area contributed by atoms with Crippen molar-refractivity contribution in [3.63, 3.8) is 0 Å². The minimum Gasteiger partial charge on any atom is -0.408 e. The van der Waals surface area contributed by atoms with E-state index >= 15 is 0 Å². The van der Waals surface area contributed by atoms with Crippen LogP contribution in [0.2, 0.25) is 0 Å². The fourth-order valence-electron chi connectivity index (χ4n) is 3.81. The van der Waals surface area contributed by atoms with Crippen LogP contribution >= 0.6 is 11.3 Å². The average molecular weight is 479 g/mol. The number of piperidine rings is 1. The number of fused-ring (bicyclic) bond motifs is 1. The quantitative estimate of drug-likeness (QED) is 0.559. The van der Waals surface area contributed by atoms with Crippen LogP contribution < -0.4 is 11.1 Å². The second-order valence-electron chi connectivity index (χ2n) is 8.13. The molecule has 0 radical (unpaired) electrons. The van der Waals surface area contributed by atoms with Crippen LogP contribution in [0.5, 0.6) is 0 Å². The number of amides is 1. The molecule has 1 N–H and O–H groups in total. The first-order valence-corrected chi connectivity index (χ1v) is 12.7. The van der Waals surface area contributed by atoms with Gasteiger partial charge in [-0.25, -0.2) is 13.2 Å². The van der Waals surface area contributed by atoms with Crippen molar-refractivity contribution >= 4 is 44.1 Å². The van der Waals surface area contributed by atoms with Crippen LogP contribution in [0.25, 0.3) is 11.1 Å². The number of thiophene rings is 1. The number of rotatable bonds is 7. The lowest BCUT2D eigenvalue weighted by Gasteiger charge is -2.30. The van der Waals surface area contributed by atoms with Crippen LogP contribution in [0.3, 0.4) is 0 Å². The molecule has 1 aliphatic heterocycles. The molecule has 1 aliphatic rings. The van der Waals surface area contributed by atoms with Gasteiger partial charge in [-0.2, -0.15) is 4.31 Å². The molecular weight excluding hydrogens is 452 g/mol. The smallest absolute Gasteiger partial charge is 0.408 e. The molecule has 172 valence electrons. The van der Waals surface area contributed by atoms with Gasteiger partial charge in [-0.15, -0.1) is 11.3 Å². The fraction of sp³-hybridized carbons (Fsp3) is 0.429. The van der Waals surface area contributed by atoms with Gasteiger partial charge >= 0.3 is 5.76 Å². The van der Waals surface area contributed by atoms with Crippen LogP contribution in [0.15, 0.2) is 49.1 Å². The second-order valence-corrected chi connectivity index (χ2v) is 11.2. The standard InChI is InChI=1S/C21H26N4O5S2/c1-23(2)10-11-25-17-13-16(7-8-18(17)30-21(25)27)22-20(26)15-5-3-9-24(14-15)32(28,29)19-6-4-12-31-19/h4,6-8,12-13,15H,3,5,9-11,14H2,1-2H3,(H,22,26). The van der Waals surface area contributed by atoms with E-state index in [1.54, 1.807) is 40.3 Å². The SMILES string of the molecule is CN(C)CCn1c(=O)oc2ccc(NC(=O)C3CCCN(S(=O)(=O)c4cccs4)C3)cc21. The van der Waals surface area contributed by atoms with Gasteiger partial charge in [-0.1, -0.05) is 6.07 Å². The normalized spacial score (nSPS) is 17.8. The predicted octanol–water partition coefficient (Wildman–Crippen LogP) is 2.26. The Morgan fingerprint density at radius 1 is 1.31 bits per heavy atom. The van der Waals surface area contributed by atoms with Crippen molar-refractivity contribution in [3.05, 3.63) is 46.3 Å². The Bertz CT molecular complexity index is 1260. The second kappa shape index (κ2) is 9.18. The first kappa shape index (κ1) is 22.7. The summed E-state index contributed by atoms with van der Waals surface area (Å²) in [4.78, 5) is 27.1. The van der Waals surface area contributed by atoms with E-state index < -0.39 is 21.7 Å². The Morgan fingerprint density at radius 2 is 2.12 bits per heavy atom. The Labute approximate surface area is 190 Å². The van der Waals surface area contributed by atoms with Gasteiger partial charge in [0.15, 0.2) is 5.58 Å². The maximum Gasteiger partial charge on any atom is 0.419 e. The molecule has 0 bridgehead atoms. The molecule has 4 rings (SSSR count). The third kappa shape index (κ3) is 4.65. The highest BCUT2D eigenvalue weighted by atomic mass is 32.2. The summed E-state index contributed by atoms with van der Waals surface area (Å²) in [6, 6.07) is 8.35. The molecule has 1 saturated heterocycles. The lowest BCUT2D eigenvalue weighted by Crippen LogP contribution is -2.43. The zero-order valence-electron chi connectivity index (χ0n) is 18.0. The minimum absolute atomic E-state index is 0.146. The van der Waals surface area contributed by atoms with Crippen molar-refractivity contribution in [1.82, 2.24) is 13.8 Å². The molecule has 11 heteroatoms. The third-order valence-electron chi connectivity index (χ3n) is 5.55. The summed E-state index contributed by atoms with van der Waals surface area (Å²) in [6.07, 6.45) is 1.23. The fourth-order valence-corrected chi connectivity index (χ4v) is 6.48. The average Bonchev–Trinajstić information content (AvgIpc) is 3.40. The highest BCUT2D eigenvalue weighted by molar-refractivity contribution is 7.91. The molecule has 0 spiro atoms. The summed E-state index contributed by atoms with van der Waals surface area (Å²) >= 11 is 1.18. The van der Waals surface area contributed by atoms with Gasteiger partial charge in [0.25, 0.3) is 10.0 Å². The molecule has 1 atom stereocenters. The van der Waals surface area contributed by atoms with E-state index in [9.17, 15) is 18.0 Å². The zero-order chi connectivity index (χ0) is 22.9. The van der Waals surface area contributed by atoms with Crippen molar-refractivity contribution < 1.29 is 17.6 Å². The van der Waals surface area contributed by atoms with Gasteiger partial charge in [-0.05, 0) is 56.6 Å². The summed E-state index contributed by atoms with van der Waals surface area (Å²) < 4.78 is 34.2. The molecule has 0 aliphatic carbocycles. The molecule has 0 saturated carbocycles. The Morgan fingerprint density at radius 3 is 2.84 bits per heavy atom. The number of oxazole rings is 1. The zero-order valence-corrected chi connectivity index (χ0v) is 19.6. The molecule has 3 aromatic rings. The number of hydrogen-bond acceptors (Lipinski definition) is 7. The lowest BCUT2D eigenvalue weighted by atomic mass is 9.98. The number of aromatic nitrogens is 1. The number of carbonyl (C=O) groups excluding carboxylic acids is 1. The summed E-state index contributed by atoms with van der Waals surface area (Å²) in [7, 11) is 0.258. The van der Waals surface area contributed by atoms with E-state index in [0.29, 0.717) is 53.5 Å². The Balaban J connectivity index is 1.49. The number of nitrogens with one attached hydrogen (secondary N) is 1. The number of likely N-dealkylation sites (N-methyl/N-ethyl adjacent to an activating group) is 1. The van der Waals surface area contributed by atoms with E-state index in [-0.39, 0.29) is 12.5 Å². The Kier molecular flexibility index (Phi) is 6.52. The lowest BCUT2D eigenvalue weighted by molar-refractivity contribution is -0.120. The van der Waals surface area contributed by atoms with Crippen LogP contribution in [-0.4, -0.2) is 61.8 Å². The summed E-state index contributed by atoms with van der Waals surface area (Å²) in [5, 5.41) is 4.61. The van der Waals surface area contributed by atoms with Gasteiger partial charge in [0.1, 0.15) is 4.21 Å². The molecule has 1 aromatic carbocycles. The van der Waals surface area contributed by atoms with Crippen LogP contribution in [-0.2, 0) is 21.4 Å². The molecule has 32 heavy (non-hydrogen) atoms. The van der Waals surface area contributed by atoms with Gasteiger partial charge in [0.05, 0.1) is 11.4 Å². The van der Waals surface area contributed by atoms with Crippen LogP contribution in [0.4, 0.5) is 5.69 Å². The largest absolute Gasteiger partial charge is 0.419 e. The van der Waals surface area contributed by atoms with Gasteiger partial charge in [0.2, 0.25) is 5.91 Å². The number of hydrogen-bond donors (Lipinski definition) is 1. The number of anilines is 1. The minimum atomic E-state index is -3.59. The first-order valence-electron chi connectivity index (χ1n) is 10.4. The van der Waals surface area contributed by atoms with E-state index in [0.717, 1.165) is 0 Å². The molecule has 2 aromatic heterocycles. The maximum absolute atomic E-state index is 12.9. The van der Waals surface area contributed by atoms with Crippen LogP contribution in [0, 0.1) is 5.92 Å². The van der Waals surface area contributed by atoms with Gasteiger partial charge < -0.3 is 14.6 Å². The summed E-state index contributed by atoms with van der Waals surface area (Å²) in [5.74, 6) is -1.12. The number of nitrogens with zero attached hydrogens (tertiary/aromatic N) is 3. The highest BCUT2D eigenvalue weighted by Crippen LogP contribution is 2.27. The molecule has 1 amide bonds. The van der Waals surface area contributed by atoms with Crippen molar-refractivity contribution in [3.8, 4) is 0 Å². The number of sulfonamides is 1. The molecule has 9 nitrogen and oxygen atoms in total. The topological polar surface area (TPSA) is 105 Å². The maximum atomic E-state index is 12.9. The summed E-state index contributed by atoms with van der Waals surface area (Å²) in [6.45, 7) is 1.69. The molecular formula is C21H26N4O5S2.